The van der Waals surface area contributed by atoms with Gasteiger partial charge in [-0.05, 0) is 32.1 Å². The summed E-state index contributed by atoms with van der Waals surface area (Å²) < 4.78 is 4.79. The van der Waals surface area contributed by atoms with E-state index in [2.05, 4.69) is 12.2 Å². The number of esters is 1. The minimum Gasteiger partial charge on any atom is -0.468 e. The number of rotatable bonds is 5. The Hall–Kier alpha value is -0.570. The van der Waals surface area contributed by atoms with Crippen LogP contribution in [0.3, 0.4) is 0 Å². The van der Waals surface area contributed by atoms with Crippen molar-refractivity contribution >= 4 is 5.97 Å². The SMILES string of the molecule is CCC(N[C@@H](C)C1CCCCC1)C(=O)OC. The Morgan fingerprint density at radius 2 is 2.00 bits per heavy atom. The van der Waals surface area contributed by atoms with Gasteiger partial charge in [-0.1, -0.05) is 26.2 Å². The third-order valence-corrected chi connectivity index (χ3v) is 3.71. The Bertz CT molecular complexity index is 212. The molecule has 1 unspecified atom stereocenters. The van der Waals surface area contributed by atoms with E-state index < -0.39 is 0 Å². The fourth-order valence-corrected chi connectivity index (χ4v) is 2.58. The number of nitrogens with one attached hydrogen (secondary N) is 1. The van der Waals surface area contributed by atoms with Crippen molar-refractivity contribution < 1.29 is 9.53 Å². The van der Waals surface area contributed by atoms with Crippen molar-refractivity contribution in [1.82, 2.24) is 5.32 Å². The van der Waals surface area contributed by atoms with Crippen LogP contribution < -0.4 is 5.32 Å². The molecule has 0 aromatic carbocycles. The molecule has 0 radical (unpaired) electrons. The van der Waals surface area contributed by atoms with Gasteiger partial charge < -0.3 is 10.1 Å². The first-order valence-corrected chi connectivity index (χ1v) is 6.53. The van der Waals surface area contributed by atoms with Gasteiger partial charge in [0.2, 0.25) is 0 Å². The molecule has 0 aliphatic heterocycles. The molecule has 0 spiro atoms. The van der Waals surface area contributed by atoms with E-state index in [9.17, 15) is 4.79 Å². The largest absolute Gasteiger partial charge is 0.468 e. The van der Waals surface area contributed by atoms with Crippen LogP contribution in [-0.4, -0.2) is 25.2 Å². The standard InChI is InChI=1S/C13H25NO2/c1-4-12(13(15)16-3)14-10(2)11-8-6-5-7-9-11/h10-12,14H,4-9H2,1-3H3/t10-,12?/m0/s1. The molecule has 1 fully saturated rings. The van der Waals surface area contributed by atoms with Gasteiger partial charge in [0.25, 0.3) is 0 Å². The number of methoxy groups -OCH3 is 1. The second kappa shape index (κ2) is 6.89. The molecule has 0 saturated heterocycles. The van der Waals surface area contributed by atoms with Crippen molar-refractivity contribution in [2.24, 2.45) is 5.92 Å². The van der Waals surface area contributed by atoms with Crippen molar-refractivity contribution in [2.75, 3.05) is 7.11 Å². The molecule has 1 N–H and O–H groups in total. The molecule has 0 aromatic rings. The van der Waals surface area contributed by atoms with E-state index in [1.54, 1.807) is 0 Å². The van der Waals surface area contributed by atoms with Crippen LogP contribution in [0, 0.1) is 5.92 Å². The van der Waals surface area contributed by atoms with E-state index in [0.717, 1.165) is 12.3 Å². The van der Waals surface area contributed by atoms with Gasteiger partial charge in [0.05, 0.1) is 7.11 Å². The van der Waals surface area contributed by atoms with Crippen LogP contribution in [0.4, 0.5) is 0 Å². The van der Waals surface area contributed by atoms with Crippen LogP contribution in [-0.2, 0) is 9.53 Å². The summed E-state index contributed by atoms with van der Waals surface area (Å²) in [5, 5.41) is 3.41. The molecule has 1 rings (SSSR count). The molecule has 1 aliphatic rings. The van der Waals surface area contributed by atoms with E-state index in [1.807, 2.05) is 6.92 Å². The van der Waals surface area contributed by atoms with Crippen molar-refractivity contribution in [3.8, 4) is 0 Å². The minimum absolute atomic E-state index is 0.134. The Labute approximate surface area is 98.9 Å². The van der Waals surface area contributed by atoms with Crippen LogP contribution in [0.5, 0.6) is 0 Å². The van der Waals surface area contributed by atoms with Crippen LogP contribution >= 0.6 is 0 Å². The Morgan fingerprint density at radius 1 is 1.38 bits per heavy atom. The first kappa shape index (κ1) is 13.5. The van der Waals surface area contributed by atoms with Gasteiger partial charge in [-0.2, -0.15) is 0 Å². The summed E-state index contributed by atoms with van der Waals surface area (Å²) in [5.41, 5.74) is 0. The van der Waals surface area contributed by atoms with Crippen molar-refractivity contribution in [1.29, 1.82) is 0 Å². The highest BCUT2D eigenvalue weighted by atomic mass is 16.5. The molecule has 1 saturated carbocycles. The second-order valence-electron chi connectivity index (χ2n) is 4.84. The Morgan fingerprint density at radius 3 is 2.50 bits per heavy atom. The van der Waals surface area contributed by atoms with Gasteiger partial charge in [0.1, 0.15) is 6.04 Å². The molecule has 0 amide bonds. The first-order valence-electron chi connectivity index (χ1n) is 6.53. The molecule has 1 aliphatic carbocycles. The predicted octanol–water partition coefficient (Wildman–Crippen LogP) is 2.50. The number of ether oxygens (including phenoxy) is 1. The lowest BCUT2D eigenvalue weighted by atomic mass is 9.84. The van der Waals surface area contributed by atoms with Crippen molar-refractivity contribution in [3.63, 3.8) is 0 Å². The Balaban J connectivity index is 2.40. The summed E-state index contributed by atoms with van der Waals surface area (Å²) in [7, 11) is 1.46. The van der Waals surface area contributed by atoms with Crippen LogP contribution in [0.25, 0.3) is 0 Å². The quantitative estimate of drug-likeness (QED) is 0.733. The number of hydrogen-bond donors (Lipinski definition) is 1. The fourth-order valence-electron chi connectivity index (χ4n) is 2.58. The Kier molecular flexibility index (Phi) is 5.81. The topological polar surface area (TPSA) is 38.3 Å². The van der Waals surface area contributed by atoms with Crippen LogP contribution in [0.1, 0.15) is 52.4 Å². The van der Waals surface area contributed by atoms with E-state index in [1.165, 1.54) is 39.2 Å². The summed E-state index contributed by atoms with van der Waals surface area (Å²) in [5.74, 6) is 0.595. The summed E-state index contributed by atoms with van der Waals surface area (Å²) in [6.07, 6.45) is 7.44. The van der Waals surface area contributed by atoms with Crippen LogP contribution in [0.15, 0.2) is 0 Å². The van der Waals surface area contributed by atoms with Crippen molar-refractivity contribution in [2.45, 2.75) is 64.5 Å². The molecule has 3 heteroatoms. The lowest BCUT2D eigenvalue weighted by Gasteiger charge is -2.30. The average molecular weight is 227 g/mol. The van der Waals surface area contributed by atoms with E-state index in [0.29, 0.717) is 6.04 Å². The zero-order valence-electron chi connectivity index (χ0n) is 10.8. The molecule has 2 atom stereocenters. The molecular weight excluding hydrogens is 202 g/mol. The molecular formula is C13H25NO2. The molecule has 16 heavy (non-hydrogen) atoms. The number of carbonyl (C=O) groups is 1. The highest BCUT2D eigenvalue weighted by Gasteiger charge is 2.25. The third-order valence-electron chi connectivity index (χ3n) is 3.71. The van der Waals surface area contributed by atoms with E-state index in [-0.39, 0.29) is 12.0 Å². The first-order chi connectivity index (χ1) is 7.69. The third kappa shape index (κ3) is 3.78. The average Bonchev–Trinajstić information content (AvgIpc) is 2.35. The van der Waals surface area contributed by atoms with Gasteiger partial charge in [-0.25, -0.2) is 0 Å². The number of carbonyl (C=O) groups excluding carboxylic acids is 1. The number of hydrogen-bond acceptors (Lipinski definition) is 3. The molecule has 0 heterocycles. The van der Waals surface area contributed by atoms with Gasteiger partial charge >= 0.3 is 5.97 Å². The highest BCUT2D eigenvalue weighted by molar-refractivity contribution is 5.75. The lowest BCUT2D eigenvalue weighted by Crippen LogP contribution is -2.45. The maximum atomic E-state index is 11.5. The predicted molar refractivity (Wildman–Crippen MR) is 65.3 cm³/mol. The summed E-state index contributed by atoms with van der Waals surface area (Å²) in [6, 6.07) is 0.284. The van der Waals surface area contributed by atoms with Gasteiger partial charge in [0, 0.05) is 6.04 Å². The van der Waals surface area contributed by atoms with E-state index >= 15 is 0 Å². The molecule has 0 aromatic heterocycles. The highest BCUT2D eigenvalue weighted by Crippen LogP contribution is 2.26. The van der Waals surface area contributed by atoms with Crippen LogP contribution in [0.2, 0.25) is 0 Å². The normalized spacial score (nSPS) is 21.4. The molecule has 3 nitrogen and oxygen atoms in total. The maximum Gasteiger partial charge on any atom is 0.322 e. The summed E-state index contributed by atoms with van der Waals surface area (Å²) in [6.45, 7) is 4.21. The molecule has 0 bridgehead atoms. The minimum atomic E-state index is -0.137. The second-order valence-corrected chi connectivity index (χ2v) is 4.84. The van der Waals surface area contributed by atoms with Crippen molar-refractivity contribution in [3.05, 3.63) is 0 Å². The lowest BCUT2D eigenvalue weighted by molar-refractivity contribution is -0.143. The zero-order chi connectivity index (χ0) is 12.0. The monoisotopic (exact) mass is 227 g/mol. The maximum absolute atomic E-state index is 11.5. The van der Waals surface area contributed by atoms with E-state index in [4.69, 9.17) is 4.74 Å². The summed E-state index contributed by atoms with van der Waals surface area (Å²) in [4.78, 5) is 11.5. The van der Waals surface area contributed by atoms with Gasteiger partial charge in [0.15, 0.2) is 0 Å². The van der Waals surface area contributed by atoms with Gasteiger partial charge in [-0.3, -0.25) is 4.79 Å². The molecule has 94 valence electrons. The fraction of sp³-hybridized carbons (Fsp3) is 0.923. The smallest absolute Gasteiger partial charge is 0.322 e. The van der Waals surface area contributed by atoms with Gasteiger partial charge in [-0.15, -0.1) is 0 Å². The zero-order valence-corrected chi connectivity index (χ0v) is 10.8. The summed E-state index contributed by atoms with van der Waals surface area (Å²) >= 11 is 0.